The van der Waals surface area contributed by atoms with Crippen LogP contribution in [0.2, 0.25) is 0 Å². The van der Waals surface area contributed by atoms with Gasteiger partial charge in [-0.3, -0.25) is 14.6 Å². The molecule has 16 nitrogen and oxygen atoms in total. The maximum Gasteiger partial charge on any atom is 0.471 e. The Hall–Kier alpha value is -5.90. The van der Waals surface area contributed by atoms with Crippen molar-refractivity contribution in [2.24, 2.45) is 4.99 Å². The highest BCUT2D eigenvalue weighted by atomic mass is 31.2. The van der Waals surface area contributed by atoms with Crippen molar-refractivity contribution in [2.45, 2.75) is 55.9 Å². The Bertz CT molecular complexity index is 2380. The molecular weight excluding hydrogens is 844 g/mol. The lowest BCUT2D eigenvalue weighted by molar-refractivity contribution is -0.173. The number of fused-ring (bicyclic) bond motifs is 1. The van der Waals surface area contributed by atoms with Crippen LogP contribution in [-0.2, 0) is 35.3 Å². The number of amides is 1. The van der Waals surface area contributed by atoms with Gasteiger partial charge >= 0.3 is 12.1 Å². The maximum atomic E-state index is 13.7. The molecule has 3 aromatic carbocycles. The molecule has 0 spiro atoms. The van der Waals surface area contributed by atoms with E-state index in [0.29, 0.717) is 11.5 Å². The van der Waals surface area contributed by atoms with Crippen LogP contribution < -0.4 is 20.3 Å². The maximum absolute atomic E-state index is 13.7. The van der Waals surface area contributed by atoms with Gasteiger partial charge in [-0.25, -0.2) is 9.67 Å². The van der Waals surface area contributed by atoms with Crippen LogP contribution in [0.15, 0.2) is 88.6 Å². The molecule has 0 bridgehead atoms. The number of aromatic nitrogens is 4. The molecule has 334 valence electrons. The van der Waals surface area contributed by atoms with E-state index in [9.17, 15) is 22.8 Å². The topological polar surface area (TPSA) is 187 Å². The Balaban J connectivity index is 1.41. The van der Waals surface area contributed by atoms with Crippen LogP contribution in [0.4, 0.5) is 19.1 Å². The monoisotopic (exact) mass is 892 g/mol. The van der Waals surface area contributed by atoms with Gasteiger partial charge in [-0.15, -0.1) is 0 Å². The number of hydrogen-bond acceptors (Lipinski definition) is 12. The number of hydrogen-bond donors (Lipinski definition) is 2. The van der Waals surface area contributed by atoms with E-state index < -0.39 is 50.1 Å². The van der Waals surface area contributed by atoms with Crippen molar-refractivity contribution in [3.05, 3.63) is 112 Å². The van der Waals surface area contributed by atoms with Gasteiger partial charge in [0.2, 0.25) is 5.95 Å². The van der Waals surface area contributed by atoms with Crippen LogP contribution in [0.5, 0.6) is 11.5 Å². The first-order valence-electron chi connectivity index (χ1n) is 19.9. The third kappa shape index (κ3) is 11.2. The van der Waals surface area contributed by atoms with Gasteiger partial charge in [-0.05, 0) is 53.8 Å². The Morgan fingerprint density at radius 1 is 1.05 bits per heavy atom. The molecule has 2 N–H and O–H groups in total. The molecule has 1 aliphatic rings. The highest BCUT2D eigenvalue weighted by Crippen LogP contribution is 2.46. The second kappa shape index (κ2) is 21.0. The third-order valence-corrected chi connectivity index (χ3v) is 11.1. The number of rotatable bonds is 20. The van der Waals surface area contributed by atoms with Crippen molar-refractivity contribution in [3.8, 4) is 17.6 Å². The molecule has 6 rings (SSSR count). The van der Waals surface area contributed by atoms with Gasteiger partial charge in [-0.2, -0.15) is 28.5 Å². The van der Waals surface area contributed by atoms with Gasteiger partial charge in [0.15, 0.2) is 20.3 Å². The highest BCUT2D eigenvalue weighted by Gasteiger charge is 2.44. The molecule has 20 heteroatoms. The number of alkyl halides is 3. The molecule has 4 atom stereocenters. The molecular formula is C43H48F3N8O8P. The number of nitriles is 1. The molecule has 1 fully saturated rings. The number of methoxy groups -OCH3 is 2. The molecule has 63 heavy (non-hydrogen) atoms. The number of ether oxygens (including phenoxy) is 4. The summed E-state index contributed by atoms with van der Waals surface area (Å²) in [5.41, 5.74) is 0.931. The summed E-state index contributed by atoms with van der Waals surface area (Å²) >= 11 is 0. The second-order valence-electron chi connectivity index (χ2n) is 14.5. The van der Waals surface area contributed by atoms with Crippen LogP contribution in [0, 0.1) is 11.3 Å². The van der Waals surface area contributed by atoms with E-state index in [1.807, 2.05) is 84.2 Å². The van der Waals surface area contributed by atoms with Crippen LogP contribution in [0.25, 0.3) is 11.0 Å². The summed E-state index contributed by atoms with van der Waals surface area (Å²) in [5.74, 6) is -0.786. The largest absolute Gasteiger partial charge is 0.497 e. The van der Waals surface area contributed by atoms with Crippen molar-refractivity contribution >= 4 is 37.6 Å². The first-order valence-corrected chi connectivity index (χ1v) is 21.5. The molecule has 0 radical (unpaired) electrons. The number of H-pyrrole nitrogens is 1. The first-order chi connectivity index (χ1) is 30.3. The van der Waals surface area contributed by atoms with Crippen LogP contribution in [-0.4, -0.2) is 110 Å². The van der Waals surface area contributed by atoms with E-state index in [2.05, 4.69) is 21.0 Å². The second-order valence-corrected chi connectivity index (χ2v) is 15.9. The van der Waals surface area contributed by atoms with Crippen molar-refractivity contribution in [2.75, 3.05) is 54.7 Å². The molecule has 1 amide bonds. The van der Waals surface area contributed by atoms with Gasteiger partial charge < -0.3 is 38.2 Å². The quantitative estimate of drug-likeness (QED) is 0.0284. The van der Waals surface area contributed by atoms with Gasteiger partial charge in [0.25, 0.3) is 5.56 Å². The minimum atomic E-state index is -5.04. The lowest BCUT2D eigenvalue weighted by atomic mass is 9.80. The van der Waals surface area contributed by atoms with E-state index in [0.717, 1.165) is 16.7 Å². The lowest BCUT2D eigenvalue weighted by Gasteiger charge is -2.37. The minimum absolute atomic E-state index is 0.0161. The van der Waals surface area contributed by atoms with Crippen LogP contribution >= 0.6 is 8.38 Å². The average molecular weight is 893 g/mol. The highest BCUT2D eigenvalue weighted by molar-refractivity contribution is 7.46. The standard InChI is InChI=1S/C43H48F3N8O8P/c1-53(2)27-49-41-50-38-37(39(55)51-41)33(13-9-23-48-40(56)43(44,45)46)52-54(38)36-25-34(62-63(5)60-24-10-22-47)35(61-36)26-59-42(28-11-7-6-8-12-28,29-14-18-31(57-3)19-15-29)30-16-20-32(58-4)21-17-30/h6-8,11-12,14-21,27,34-36H,9-10,13,23-26H2,1-5H3,(H,48,56)(H,50,51,55)/t34?,35-,36-,63?/m1/s1. The fraction of sp³-hybridized carbons (Fsp3) is 0.395. The van der Waals surface area contributed by atoms with Crippen molar-refractivity contribution < 1.29 is 46.0 Å². The van der Waals surface area contributed by atoms with Crippen molar-refractivity contribution in [3.63, 3.8) is 0 Å². The fourth-order valence-electron chi connectivity index (χ4n) is 7.10. The summed E-state index contributed by atoms with van der Waals surface area (Å²) in [6.45, 7) is 1.56. The van der Waals surface area contributed by atoms with Crippen LogP contribution in [0.3, 0.4) is 0 Å². The van der Waals surface area contributed by atoms with Crippen molar-refractivity contribution in [1.29, 1.82) is 5.26 Å². The zero-order chi connectivity index (χ0) is 45.1. The molecule has 0 aliphatic carbocycles. The number of nitrogens with one attached hydrogen (secondary N) is 2. The van der Waals surface area contributed by atoms with E-state index in [1.165, 1.54) is 11.0 Å². The molecule has 1 aliphatic heterocycles. The molecule has 0 saturated carbocycles. The number of halogens is 3. The molecule has 3 heterocycles. The number of aromatic amines is 1. The first kappa shape index (κ1) is 46.6. The van der Waals surface area contributed by atoms with Crippen molar-refractivity contribution in [1.82, 2.24) is 30.0 Å². The summed E-state index contributed by atoms with van der Waals surface area (Å²) in [4.78, 5) is 38.4. The number of carbonyl (C=O) groups is 1. The van der Waals surface area contributed by atoms with Gasteiger partial charge in [0.05, 0.1) is 58.1 Å². The number of nitrogens with zero attached hydrogens (tertiary/aromatic N) is 6. The summed E-state index contributed by atoms with van der Waals surface area (Å²) in [6.07, 6.45) is -5.57. The van der Waals surface area contributed by atoms with E-state index in [-0.39, 0.29) is 68.1 Å². The Morgan fingerprint density at radius 3 is 2.27 bits per heavy atom. The van der Waals surface area contributed by atoms with Crippen LogP contribution in [0.1, 0.15) is 47.9 Å². The number of aryl methyl sites for hydroxylation is 1. The predicted molar refractivity (Wildman–Crippen MR) is 228 cm³/mol. The molecule has 1 saturated heterocycles. The lowest BCUT2D eigenvalue weighted by Crippen LogP contribution is -2.38. The summed E-state index contributed by atoms with van der Waals surface area (Å²) in [6, 6.07) is 26.9. The summed E-state index contributed by atoms with van der Waals surface area (Å²) in [7, 11) is 5.15. The zero-order valence-corrected chi connectivity index (χ0v) is 36.2. The minimum Gasteiger partial charge on any atom is -0.497 e. The van der Waals surface area contributed by atoms with Gasteiger partial charge in [-0.1, -0.05) is 54.6 Å². The number of benzene rings is 3. The molecule has 2 unspecified atom stereocenters. The smallest absolute Gasteiger partial charge is 0.471 e. The van der Waals surface area contributed by atoms with E-state index in [4.69, 9.17) is 38.4 Å². The van der Waals surface area contributed by atoms with Gasteiger partial charge in [0, 0.05) is 33.7 Å². The SMILES string of the molecule is COc1ccc(C(OC[C@H]2O[C@@H](n3nc(CCCNC(=O)C(F)(F)F)c4c(=O)[nH]c(N=CN(C)C)nc43)CC2OP(C)OCCC#N)(c2ccccc2)c2ccc(OC)cc2)cc1. The third-order valence-electron chi connectivity index (χ3n) is 10.0. The predicted octanol–water partition coefficient (Wildman–Crippen LogP) is 6.52. The fourth-order valence-corrected chi connectivity index (χ4v) is 8.11. The zero-order valence-electron chi connectivity index (χ0n) is 35.3. The molecule has 5 aromatic rings. The Labute approximate surface area is 362 Å². The summed E-state index contributed by atoms with van der Waals surface area (Å²) in [5, 5.41) is 15.8. The van der Waals surface area contributed by atoms with E-state index >= 15 is 0 Å². The normalized spacial score (nSPS) is 17.2. The Morgan fingerprint density at radius 2 is 1.68 bits per heavy atom. The summed E-state index contributed by atoms with van der Waals surface area (Å²) < 4.78 is 77.5. The Kier molecular flexibility index (Phi) is 15.5. The van der Waals surface area contributed by atoms with Gasteiger partial charge in [0.1, 0.15) is 28.6 Å². The number of carbonyl (C=O) groups excluding carboxylic acids is 1. The number of aliphatic imine (C=N–C) groups is 1. The molecule has 2 aromatic heterocycles. The van der Waals surface area contributed by atoms with E-state index in [1.54, 1.807) is 39.9 Å². The average Bonchev–Trinajstić information content (AvgIpc) is 3.85.